The molecule has 1 nitrogen and oxygen atoms in total. The number of benzene rings is 1. The molecule has 0 saturated heterocycles. The number of rotatable bonds is 1. The van der Waals surface area contributed by atoms with E-state index in [-0.39, 0.29) is 0 Å². The zero-order valence-corrected chi connectivity index (χ0v) is 9.55. The second kappa shape index (κ2) is 4.18. The molecule has 80 valence electrons. The van der Waals surface area contributed by atoms with Crippen LogP contribution in [-0.2, 0) is 4.79 Å². The average molecular weight is 202 g/mol. The predicted octanol–water partition coefficient (Wildman–Crippen LogP) is 3.53. The Labute approximate surface area is 91.5 Å². The lowest BCUT2D eigenvalue weighted by Gasteiger charge is -2.23. The molecular formula is C14H18O. The first kappa shape index (κ1) is 10.4. The van der Waals surface area contributed by atoms with Gasteiger partial charge in [0.05, 0.1) is 0 Å². The average Bonchev–Trinajstić information content (AvgIpc) is 2.17. The molecule has 1 unspecified atom stereocenters. The van der Waals surface area contributed by atoms with Crippen LogP contribution in [0.25, 0.3) is 0 Å². The third-order valence-corrected chi connectivity index (χ3v) is 3.35. The summed E-state index contributed by atoms with van der Waals surface area (Å²) in [5.74, 6) is 0.915. The Morgan fingerprint density at radius 1 is 1.27 bits per heavy atom. The van der Waals surface area contributed by atoms with E-state index < -0.39 is 0 Å². The highest BCUT2D eigenvalue weighted by atomic mass is 16.1. The van der Waals surface area contributed by atoms with Crippen LogP contribution < -0.4 is 0 Å². The summed E-state index contributed by atoms with van der Waals surface area (Å²) in [7, 11) is 0. The van der Waals surface area contributed by atoms with E-state index in [4.69, 9.17) is 0 Å². The van der Waals surface area contributed by atoms with Crippen molar-refractivity contribution in [1.82, 2.24) is 0 Å². The van der Waals surface area contributed by atoms with Gasteiger partial charge in [0, 0.05) is 12.8 Å². The number of Topliss-reactive ketones (excluding diaryl/α,β-unsaturated/α-hetero) is 1. The smallest absolute Gasteiger partial charge is 0.133 e. The Bertz CT molecular complexity index is 379. The van der Waals surface area contributed by atoms with Gasteiger partial charge >= 0.3 is 0 Å². The third kappa shape index (κ3) is 2.28. The van der Waals surface area contributed by atoms with Gasteiger partial charge in [-0.05, 0) is 43.7 Å². The Kier molecular flexibility index (Phi) is 2.90. The standard InChI is InChI=1S/C14H18O/c1-10-6-7-14(11(2)8-10)12-4-3-5-13(15)9-12/h6-8,12H,3-5,9H2,1-2H3. The Balaban J connectivity index is 2.24. The van der Waals surface area contributed by atoms with Crippen LogP contribution in [0.1, 0.15) is 48.3 Å². The third-order valence-electron chi connectivity index (χ3n) is 3.35. The first-order chi connectivity index (χ1) is 7.16. The molecule has 0 aliphatic heterocycles. The molecule has 1 heteroatoms. The van der Waals surface area contributed by atoms with Crippen molar-refractivity contribution in [3.8, 4) is 0 Å². The molecule has 1 aliphatic rings. The highest BCUT2D eigenvalue weighted by molar-refractivity contribution is 5.80. The Morgan fingerprint density at radius 3 is 2.73 bits per heavy atom. The molecule has 0 radical (unpaired) electrons. The monoisotopic (exact) mass is 202 g/mol. The minimum atomic E-state index is 0.436. The van der Waals surface area contributed by atoms with Crippen molar-refractivity contribution in [2.45, 2.75) is 45.4 Å². The molecule has 1 aromatic rings. The van der Waals surface area contributed by atoms with Gasteiger partial charge in [-0.3, -0.25) is 4.79 Å². The summed E-state index contributed by atoms with van der Waals surface area (Å²) in [4.78, 5) is 11.4. The Hall–Kier alpha value is -1.11. The van der Waals surface area contributed by atoms with Gasteiger partial charge in [0.2, 0.25) is 0 Å². The fourth-order valence-corrected chi connectivity index (χ4v) is 2.57. The molecule has 0 bridgehead atoms. The van der Waals surface area contributed by atoms with Crippen molar-refractivity contribution in [3.05, 3.63) is 34.9 Å². The van der Waals surface area contributed by atoms with Gasteiger partial charge in [0.15, 0.2) is 0 Å². The van der Waals surface area contributed by atoms with E-state index in [1.807, 2.05) is 0 Å². The second-order valence-corrected chi connectivity index (χ2v) is 4.69. The number of hydrogen-bond acceptors (Lipinski definition) is 1. The van der Waals surface area contributed by atoms with Gasteiger partial charge in [0.1, 0.15) is 5.78 Å². The van der Waals surface area contributed by atoms with Crippen LogP contribution in [0.5, 0.6) is 0 Å². The maximum absolute atomic E-state index is 11.4. The normalized spacial score (nSPS) is 21.7. The van der Waals surface area contributed by atoms with Crippen LogP contribution >= 0.6 is 0 Å². The number of aryl methyl sites for hydroxylation is 2. The van der Waals surface area contributed by atoms with Crippen molar-refractivity contribution in [3.63, 3.8) is 0 Å². The molecule has 1 aliphatic carbocycles. The van der Waals surface area contributed by atoms with E-state index in [1.165, 1.54) is 23.1 Å². The van der Waals surface area contributed by atoms with Crippen molar-refractivity contribution in [2.75, 3.05) is 0 Å². The van der Waals surface area contributed by atoms with Crippen molar-refractivity contribution in [2.24, 2.45) is 0 Å². The maximum Gasteiger partial charge on any atom is 0.133 e. The summed E-state index contributed by atoms with van der Waals surface area (Å²) < 4.78 is 0. The van der Waals surface area contributed by atoms with Gasteiger partial charge < -0.3 is 0 Å². The lowest BCUT2D eigenvalue weighted by molar-refractivity contribution is -0.120. The van der Waals surface area contributed by atoms with Gasteiger partial charge in [-0.1, -0.05) is 23.8 Å². The largest absolute Gasteiger partial charge is 0.300 e. The van der Waals surface area contributed by atoms with Crippen molar-refractivity contribution < 1.29 is 4.79 Å². The molecule has 15 heavy (non-hydrogen) atoms. The quantitative estimate of drug-likeness (QED) is 0.681. The molecule has 1 atom stereocenters. The van der Waals surface area contributed by atoms with Gasteiger partial charge in [-0.15, -0.1) is 0 Å². The number of carbonyl (C=O) groups excluding carboxylic acids is 1. The van der Waals surface area contributed by atoms with Crippen LogP contribution in [0, 0.1) is 13.8 Å². The van der Waals surface area contributed by atoms with Crippen LogP contribution in [-0.4, -0.2) is 5.78 Å². The molecule has 0 heterocycles. The summed E-state index contributed by atoms with van der Waals surface area (Å²) >= 11 is 0. The van der Waals surface area contributed by atoms with E-state index in [2.05, 4.69) is 32.0 Å². The molecule has 2 rings (SSSR count). The fraction of sp³-hybridized carbons (Fsp3) is 0.500. The topological polar surface area (TPSA) is 17.1 Å². The minimum absolute atomic E-state index is 0.436. The fourth-order valence-electron chi connectivity index (χ4n) is 2.57. The van der Waals surface area contributed by atoms with Gasteiger partial charge in [0.25, 0.3) is 0 Å². The summed E-state index contributed by atoms with van der Waals surface area (Å²) in [5, 5.41) is 0. The Morgan fingerprint density at radius 2 is 2.07 bits per heavy atom. The predicted molar refractivity (Wildman–Crippen MR) is 62.1 cm³/mol. The first-order valence-electron chi connectivity index (χ1n) is 5.75. The van der Waals surface area contributed by atoms with E-state index >= 15 is 0 Å². The zero-order chi connectivity index (χ0) is 10.8. The zero-order valence-electron chi connectivity index (χ0n) is 9.55. The molecule has 1 aromatic carbocycles. The van der Waals surface area contributed by atoms with Crippen LogP contribution in [0.2, 0.25) is 0 Å². The summed E-state index contributed by atoms with van der Waals surface area (Å²) in [6.45, 7) is 4.27. The minimum Gasteiger partial charge on any atom is -0.300 e. The maximum atomic E-state index is 11.4. The van der Waals surface area contributed by atoms with E-state index in [9.17, 15) is 4.79 Å². The molecule has 1 fully saturated rings. The van der Waals surface area contributed by atoms with Gasteiger partial charge in [-0.2, -0.15) is 0 Å². The van der Waals surface area contributed by atoms with Crippen LogP contribution in [0.3, 0.4) is 0 Å². The molecule has 0 amide bonds. The van der Waals surface area contributed by atoms with E-state index in [1.54, 1.807) is 0 Å². The van der Waals surface area contributed by atoms with Gasteiger partial charge in [-0.25, -0.2) is 0 Å². The summed E-state index contributed by atoms with van der Waals surface area (Å²) in [5.41, 5.74) is 4.03. The van der Waals surface area contributed by atoms with Crippen LogP contribution in [0.15, 0.2) is 18.2 Å². The highest BCUT2D eigenvalue weighted by Gasteiger charge is 2.21. The first-order valence-corrected chi connectivity index (χ1v) is 5.75. The molecule has 0 spiro atoms. The number of ketones is 1. The highest BCUT2D eigenvalue weighted by Crippen LogP contribution is 2.32. The lowest BCUT2D eigenvalue weighted by atomic mass is 9.81. The lowest BCUT2D eigenvalue weighted by Crippen LogP contribution is -2.14. The summed E-state index contributed by atoms with van der Waals surface area (Å²) in [6.07, 6.45) is 3.79. The summed E-state index contributed by atoms with van der Waals surface area (Å²) in [6, 6.07) is 6.57. The number of hydrogen-bond donors (Lipinski definition) is 0. The molecule has 0 aromatic heterocycles. The SMILES string of the molecule is Cc1ccc(C2CCCC(=O)C2)c(C)c1. The number of carbonyl (C=O) groups is 1. The molecule has 0 N–H and O–H groups in total. The second-order valence-electron chi connectivity index (χ2n) is 4.69. The van der Waals surface area contributed by atoms with Crippen molar-refractivity contribution >= 4 is 5.78 Å². The van der Waals surface area contributed by atoms with E-state index in [0.29, 0.717) is 11.7 Å². The van der Waals surface area contributed by atoms with E-state index in [0.717, 1.165) is 19.3 Å². The molecular weight excluding hydrogens is 184 g/mol. The van der Waals surface area contributed by atoms with Crippen LogP contribution in [0.4, 0.5) is 0 Å². The van der Waals surface area contributed by atoms with Crippen molar-refractivity contribution in [1.29, 1.82) is 0 Å². The molecule has 1 saturated carbocycles.